The van der Waals surface area contributed by atoms with Gasteiger partial charge in [-0.05, 0) is 56.5 Å². The Balaban J connectivity index is 1.83. The molecule has 1 aromatic heterocycles. The van der Waals surface area contributed by atoms with Crippen LogP contribution < -0.4 is 4.74 Å². The number of fused-ring (bicyclic) bond motifs is 1. The molecular weight excluding hydrogens is 410 g/mol. The second kappa shape index (κ2) is 6.58. The van der Waals surface area contributed by atoms with E-state index in [2.05, 4.69) is 61.1 Å². The maximum absolute atomic E-state index is 11.0. The fraction of sp³-hybridized carbons (Fsp3) is 0.0588. The van der Waals surface area contributed by atoms with Gasteiger partial charge in [-0.3, -0.25) is 4.79 Å². The Morgan fingerprint density at radius 2 is 1.77 bits per heavy atom. The van der Waals surface area contributed by atoms with Gasteiger partial charge in [0.15, 0.2) is 6.29 Å². The van der Waals surface area contributed by atoms with Crippen molar-refractivity contribution in [1.82, 2.24) is 4.98 Å². The minimum absolute atomic E-state index is 0.299. The first kappa shape index (κ1) is 15.2. The highest BCUT2D eigenvalue weighted by Crippen LogP contribution is 2.24. The van der Waals surface area contributed by atoms with Gasteiger partial charge in [0.05, 0.1) is 0 Å². The molecule has 1 heterocycles. The van der Waals surface area contributed by atoms with Crippen LogP contribution in [0.4, 0.5) is 0 Å². The molecular formula is C17H11Br2NO2. The lowest BCUT2D eigenvalue weighted by molar-refractivity contribution is 0.111. The zero-order valence-electron chi connectivity index (χ0n) is 11.4. The molecule has 0 radical (unpaired) electrons. The van der Waals surface area contributed by atoms with Gasteiger partial charge >= 0.3 is 0 Å². The molecule has 110 valence electrons. The summed E-state index contributed by atoms with van der Waals surface area (Å²) in [6, 6.07) is 14.0. The molecule has 0 fully saturated rings. The highest BCUT2D eigenvalue weighted by atomic mass is 79.9. The third kappa shape index (κ3) is 3.36. The topological polar surface area (TPSA) is 39.2 Å². The molecule has 0 aliphatic heterocycles. The van der Waals surface area contributed by atoms with Crippen LogP contribution in [0, 0.1) is 0 Å². The van der Waals surface area contributed by atoms with E-state index in [4.69, 9.17) is 4.74 Å². The van der Waals surface area contributed by atoms with E-state index < -0.39 is 0 Å². The molecule has 3 nitrogen and oxygen atoms in total. The summed E-state index contributed by atoms with van der Waals surface area (Å²) in [6.45, 7) is 0.380. The lowest BCUT2D eigenvalue weighted by atomic mass is 10.1. The van der Waals surface area contributed by atoms with Gasteiger partial charge in [0.2, 0.25) is 0 Å². The minimum atomic E-state index is 0.299. The van der Waals surface area contributed by atoms with Gasteiger partial charge in [-0.1, -0.05) is 34.1 Å². The summed E-state index contributed by atoms with van der Waals surface area (Å²) in [5, 5.41) is 2.31. The molecule has 2 aromatic carbocycles. The molecule has 0 saturated heterocycles. The van der Waals surface area contributed by atoms with Crippen molar-refractivity contribution in [3.05, 3.63) is 68.9 Å². The number of hydrogen-bond donors (Lipinski definition) is 0. The van der Waals surface area contributed by atoms with E-state index in [1.54, 1.807) is 12.3 Å². The van der Waals surface area contributed by atoms with Crippen molar-refractivity contribution in [2.24, 2.45) is 0 Å². The normalized spacial score (nSPS) is 10.6. The van der Waals surface area contributed by atoms with Crippen molar-refractivity contribution in [2.45, 2.75) is 6.61 Å². The van der Waals surface area contributed by atoms with Gasteiger partial charge in [0.1, 0.15) is 18.1 Å². The standard InChI is InChI=1S/C17H11Br2NO2/c18-14-4-3-12-5-11(1-2-13(12)6-14)10-22-17-7-15(19)8-20-16(17)9-21/h1-9H,10H2. The number of hydrogen-bond acceptors (Lipinski definition) is 3. The summed E-state index contributed by atoms with van der Waals surface area (Å²) in [6.07, 6.45) is 2.27. The zero-order chi connectivity index (χ0) is 15.5. The van der Waals surface area contributed by atoms with Gasteiger partial charge in [0, 0.05) is 15.1 Å². The van der Waals surface area contributed by atoms with Crippen LogP contribution in [0.25, 0.3) is 10.8 Å². The highest BCUT2D eigenvalue weighted by Gasteiger charge is 2.06. The molecule has 0 amide bonds. The SMILES string of the molecule is O=Cc1ncc(Br)cc1OCc1ccc2cc(Br)ccc2c1. The lowest BCUT2D eigenvalue weighted by Crippen LogP contribution is -2.00. The number of carbonyl (C=O) groups excluding carboxylic acids is 1. The number of aldehydes is 1. The third-order valence-corrected chi connectivity index (χ3v) is 4.15. The van der Waals surface area contributed by atoms with Crippen molar-refractivity contribution >= 4 is 48.9 Å². The van der Waals surface area contributed by atoms with E-state index in [9.17, 15) is 4.79 Å². The smallest absolute Gasteiger partial charge is 0.172 e. The lowest BCUT2D eigenvalue weighted by Gasteiger charge is -2.09. The van der Waals surface area contributed by atoms with E-state index >= 15 is 0 Å². The third-order valence-electron chi connectivity index (χ3n) is 3.22. The van der Waals surface area contributed by atoms with Crippen molar-refractivity contribution in [3.8, 4) is 5.75 Å². The van der Waals surface area contributed by atoms with Crippen LogP contribution in [0.5, 0.6) is 5.75 Å². The molecule has 3 aromatic rings. The monoisotopic (exact) mass is 419 g/mol. The molecule has 0 spiro atoms. The summed E-state index contributed by atoms with van der Waals surface area (Å²) in [7, 11) is 0. The van der Waals surface area contributed by atoms with Crippen molar-refractivity contribution < 1.29 is 9.53 Å². The van der Waals surface area contributed by atoms with Gasteiger partial charge in [-0.25, -0.2) is 4.98 Å². The first-order valence-electron chi connectivity index (χ1n) is 6.57. The number of aromatic nitrogens is 1. The Hall–Kier alpha value is -1.72. The number of nitrogens with zero attached hydrogens (tertiary/aromatic N) is 1. The molecule has 0 N–H and O–H groups in total. The van der Waals surface area contributed by atoms with E-state index in [-0.39, 0.29) is 0 Å². The predicted molar refractivity (Wildman–Crippen MR) is 93.3 cm³/mol. The quantitative estimate of drug-likeness (QED) is 0.547. The summed E-state index contributed by atoms with van der Waals surface area (Å²) in [5.41, 5.74) is 1.33. The van der Waals surface area contributed by atoms with Gasteiger partial charge < -0.3 is 4.74 Å². The maximum atomic E-state index is 11.0. The Kier molecular flexibility index (Phi) is 4.55. The number of pyridine rings is 1. The largest absolute Gasteiger partial charge is 0.486 e. The Morgan fingerprint density at radius 3 is 2.59 bits per heavy atom. The van der Waals surface area contributed by atoms with E-state index in [0.29, 0.717) is 24.3 Å². The van der Waals surface area contributed by atoms with E-state index in [1.165, 1.54) is 0 Å². The molecule has 0 aliphatic carbocycles. The number of benzene rings is 2. The maximum Gasteiger partial charge on any atom is 0.172 e. The molecule has 0 saturated carbocycles. The summed E-state index contributed by atoms with van der Waals surface area (Å²) < 4.78 is 7.56. The predicted octanol–water partition coefficient (Wildman–Crippen LogP) is 5.15. The van der Waals surface area contributed by atoms with Crippen molar-refractivity contribution in [2.75, 3.05) is 0 Å². The van der Waals surface area contributed by atoms with Crippen LogP contribution in [0.2, 0.25) is 0 Å². The van der Waals surface area contributed by atoms with Crippen LogP contribution in [0.1, 0.15) is 16.1 Å². The Morgan fingerprint density at radius 1 is 1.00 bits per heavy atom. The molecule has 5 heteroatoms. The fourth-order valence-corrected chi connectivity index (χ4v) is 2.84. The van der Waals surface area contributed by atoms with Gasteiger partial charge in [0.25, 0.3) is 0 Å². The molecule has 0 unspecified atom stereocenters. The first-order chi connectivity index (χ1) is 10.7. The first-order valence-corrected chi connectivity index (χ1v) is 8.16. The molecule has 0 aliphatic rings. The molecule has 0 bridgehead atoms. The van der Waals surface area contributed by atoms with E-state index in [1.807, 2.05) is 12.1 Å². The summed E-state index contributed by atoms with van der Waals surface area (Å²) >= 11 is 6.79. The minimum Gasteiger partial charge on any atom is -0.486 e. The van der Waals surface area contributed by atoms with Crippen LogP contribution in [0.15, 0.2) is 57.6 Å². The highest BCUT2D eigenvalue weighted by molar-refractivity contribution is 9.10. The number of ether oxygens (including phenoxy) is 1. The van der Waals surface area contributed by atoms with Gasteiger partial charge in [-0.2, -0.15) is 0 Å². The molecule has 22 heavy (non-hydrogen) atoms. The van der Waals surface area contributed by atoms with Gasteiger partial charge in [-0.15, -0.1) is 0 Å². The van der Waals surface area contributed by atoms with Crippen LogP contribution >= 0.6 is 31.9 Å². The van der Waals surface area contributed by atoms with Crippen molar-refractivity contribution in [1.29, 1.82) is 0 Å². The molecule has 0 atom stereocenters. The number of halogens is 2. The van der Waals surface area contributed by atoms with Crippen LogP contribution in [-0.4, -0.2) is 11.3 Å². The average molecular weight is 421 g/mol. The Bertz CT molecular complexity index is 849. The Labute approximate surface area is 144 Å². The number of carbonyl (C=O) groups is 1. The van der Waals surface area contributed by atoms with Crippen molar-refractivity contribution in [3.63, 3.8) is 0 Å². The summed E-state index contributed by atoms with van der Waals surface area (Å²) in [4.78, 5) is 15.0. The second-order valence-corrected chi connectivity index (χ2v) is 6.60. The second-order valence-electron chi connectivity index (χ2n) is 4.77. The van der Waals surface area contributed by atoms with Crippen LogP contribution in [0.3, 0.4) is 0 Å². The number of rotatable bonds is 4. The average Bonchev–Trinajstić information content (AvgIpc) is 2.53. The summed E-state index contributed by atoms with van der Waals surface area (Å²) in [5.74, 6) is 0.472. The van der Waals surface area contributed by atoms with E-state index in [0.717, 1.165) is 25.3 Å². The zero-order valence-corrected chi connectivity index (χ0v) is 14.6. The van der Waals surface area contributed by atoms with Crippen LogP contribution in [-0.2, 0) is 6.61 Å². The fourth-order valence-electron chi connectivity index (χ4n) is 2.15. The molecule has 3 rings (SSSR count).